The Kier molecular flexibility index (Phi) is 6.85. The van der Waals surface area contributed by atoms with Crippen LogP contribution in [0.4, 0.5) is 0 Å². The number of likely N-dealkylation sites (tertiary alicyclic amines) is 1. The van der Waals surface area contributed by atoms with Gasteiger partial charge in [0.2, 0.25) is 11.8 Å². The van der Waals surface area contributed by atoms with Gasteiger partial charge in [-0.1, -0.05) is 20.8 Å². The van der Waals surface area contributed by atoms with Crippen LogP contribution >= 0.6 is 0 Å². The zero-order valence-corrected chi connectivity index (χ0v) is 15.9. The van der Waals surface area contributed by atoms with Crippen LogP contribution in [-0.4, -0.2) is 48.4 Å². The van der Waals surface area contributed by atoms with E-state index in [2.05, 4.69) is 12.2 Å². The molecule has 2 atom stereocenters. The fourth-order valence-corrected chi connectivity index (χ4v) is 3.93. The molecule has 0 aromatic carbocycles. The van der Waals surface area contributed by atoms with Crippen molar-refractivity contribution in [2.24, 2.45) is 17.8 Å². The lowest BCUT2D eigenvalue weighted by atomic mass is 9.86. The average molecular weight is 352 g/mol. The fourth-order valence-electron chi connectivity index (χ4n) is 3.93. The normalized spacial score (nSPS) is 28.1. The summed E-state index contributed by atoms with van der Waals surface area (Å²) in [6.45, 7) is 6.71. The Bertz CT molecular complexity index is 498. The van der Waals surface area contributed by atoms with Gasteiger partial charge in [-0.2, -0.15) is 0 Å². The fraction of sp³-hybridized carbons (Fsp3) is 0.842. The maximum Gasteiger partial charge on any atom is 0.328 e. The topological polar surface area (TPSA) is 75.7 Å². The second-order valence-corrected chi connectivity index (χ2v) is 8.07. The Hall–Kier alpha value is -1.59. The molecule has 6 nitrogen and oxygen atoms in total. The zero-order chi connectivity index (χ0) is 18.6. The molecule has 0 aromatic rings. The maximum atomic E-state index is 12.6. The number of hydrogen-bond donors (Lipinski definition) is 1. The predicted molar refractivity (Wildman–Crippen MR) is 94.6 cm³/mol. The van der Waals surface area contributed by atoms with Gasteiger partial charge in [0.15, 0.2) is 0 Å². The molecule has 6 heteroatoms. The molecule has 0 radical (unpaired) electrons. The molecule has 1 saturated carbocycles. The highest BCUT2D eigenvalue weighted by Crippen LogP contribution is 2.31. The van der Waals surface area contributed by atoms with Gasteiger partial charge in [-0.15, -0.1) is 0 Å². The molecule has 2 amide bonds. The van der Waals surface area contributed by atoms with Gasteiger partial charge in [0.05, 0.1) is 13.0 Å². The lowest BCUT2D eigenvalue weighted by Gasteiger charge is -2.33. The van der Waals surface area contributed by atoms with Crippen molar-refractivity contribution in [3.63, 3.8) is 0 Å². The molecule has 2 fully saturated rings. The summed E-state index contributed by atoms with van der Waals surface area (Å²) in [4.78, 5) is 38.7. The number of carbonyl (C=O) groups is 3. The molecule has 25 heavy (non-hydrogen) atoms. The molecule has 1 saturated heterocycles. The summed E-state index contributed by atoms with van der Waals surface area (Å²) in [5, 5.41) is 2.80. The minimum absolute atomic E-state index is 0.0678. The van der Waals surface area contributed by atoms with Crippen LogP contribution in [0, 0.1) is 17.8 Å². The van der Waals surface area contributed by atoms with Crippen molar-refractivity contribution >= 4 is 17.8 Å². The molecular formula is C19H32N2O4. The van der Waals surface area contributed by atoms with E-state index in [0.717, 1.165) is 31.6 Å². The van der Waals surface area contributed by atoms with Gasteiger partial charge < -0.3 is 15.0 Å². The van der Waals surface area contributed by atoms with E-state index in [1.165, 1.54) is 7.11 Å². The van der Waals surface area contributed by atoms with Crippen LogP contribution in [0.2, 0.25) is 0 Å². The highest BCUT2D eigenvalue weighted by atomic mass is 16.5. The standard InChI is InChI=1S/C19H32N2O4/c1-12(2)9-16(19(24)25-4)20-18(23)14-10-17(22)21(11-14)15-7-5-13(3)6-8-15/h12-16H,5-11H2,1-4H3,(H,20,23)/t13?,14-,15?,16-/m1/s1. The summed E-state index contributed by atoms with van der Waals surface area (Å²) < 4.78 is 4.79. The molecule has 1 aliphatic heterocycles. The molecule has 2 aliphatic rings. The summed E-state index contributed by atoms with van der Waals surface area (Å²) in [5.41, 5.74) is 0. The van der Waals surface area contributed by atoms with Crippen molar-refractivity contribution in [2.75, 3.05) is 13.7 Å². The average Bonchev–Trinajstić information content (AvgIpc) is 2.95. The lowest BCUT2D eigenvalue weighted by molar-refractivity contribution is -0.146. The quantitative estimate of drug-likeness (QED) is 0.743. The molecule has 0 bridgehead atoms. The number of esters is 1. The predicted octanol–water partition coefficient (Wildman–Crippen LogP) is 2.12. The van der Waals surface area contributed by atoms with Crippen molar-refractivity contribution < 1.29 is 19.1 Å². The monoisotopic (exact) mass is 352 g/mol. The van der Waals surface area contributed by atoms with E-state index in [4.69, 9.17) is 4.74 Å². The zero-order valence-electron chi connectivity index (χ0n) is 15.9. The number of nitrogens with zero attached hydrogens (tertiary/aromatic N) is 1. The number of amides is 2. The van der Waals surface area contributed by atoms with Crippen LogP contribution in [0.1, 0.15) is 59.3 Å². The van der Waals surface area contributed by atoms with Crippen LogP contribution in [0.25, 0.3) is 0 Å². The third-order valence-electron chi connectivity index (χ3n) is 5.46. The van der Waals surface area contributed by atoms with Gasteiger partial charge in [-0.05, 0) is 43.9 Å². The minimum Gasteiger partial charge on any atom is -0.467 e. The van der Waals surface area contributed by atoms with Crippen LogP contribution in [0.15, 0.2) is 0 Å². The Balaban J connectivity index is 1.93. The lowest BCUT2D eigenvalue weighted by Crippen LogP contribution is -2.46. The van der Waals surface area contributed by atoms with E-state index in [1.807, 2.05) is 18.7 Å². The van der Waals surface area contributed by atoms with Crippen LogP contribution in [0.5, 0.6) is 0 Å². The third kappa shape index (κ3) is 5.19. The molecule has 1 heterocycles. The number of hydrogen-bond acceptors (Lipinski definition) is 4. The molecule has 2 rings (SSSR count). The first-order chi connectivity index (χ1) is 11.8. The van der Waals surface area contributed by atoms with Gasteiger partial charge in [0.1, 0.15) is 6.04 Å². The van der Waals surface area contributed by atoms with Crippen molar-refractivity contribution in [3.05, 3.63) is 0 Å². The van der Waals surface area contributed by atoms with E-state index in [1.54, 1.807) is 0 Å². The smallest absolute Gasteiger partial charge is 0.328 e. The minimum atomic E-state index is -0.641. The van der Waals surface area contributed by atoms with E-state index < -0.39 is 12.0 Å². The van der Waals surface area contributed by atoms with E-state index in [9.17, 15) is 14.4 Å². The van der Waals surface area contributed by atoms with Crippen molar-refractivity contribution in [1.82, 2.24) is 10.2 Å². The van der Waals surface area contributed by atoms with Gasteiger partial charge in [-0.3, -0.25) is 9.59 Å². The van der Waals surface area contributed by atoms with E-state index in [0.29, 0.717) is 13.0 Å². The number of carbonyl (C=O) groups excluding carboxylic acids is 3. The number of nitrogens with one attached hydrogen (secondary N) is 1. The first-order valence-electron chi connectivity index (χ1n) is 9.49. The number of ether oxygens (including phenoxy) is 1. The van der Waals surface area contributed by atoms with Gasteiger partial charge >= 0.3 is 5.97 Å². The molecular weight excluding hydrogens is 320 g/mol. The van der Waals surface area contributed by atoms with Crippen LogP contribution < -0.4 is 5.32 Å². The Morgan fingerprint density at radius 2 is 1.88 bits per heavy atom. The van der Waals surface area contributed by atoms with E-state index in [-0.39, 0.29) is 36.1 Å². The first-order valence-corrected chi connectivity index (χ1v) is 9.49. The molecule has 0 aromatic heterocycles. The Morgan fingerprint density at radius 1 is 1.24 bits per heavy atom. The number of rotatable bonds is 6. The summed E-state index contributed by atoms with van der Waals surface area (Å²) >= 11 is 0. The molecule has 1 N–H and O–H groups in total. The van der Waals surface area contributed by atoms with Crippen LogP contribution in [0.3, 0.4) is 0 Å². The largest absolute Gasteiger partial charge is 0.467 e. The maximum absolute atomic E-state index is 12.6. The summed E-state index contributed by atoms with van der Waals surface area (Å²) in [7, 11) is 1.33. The van der Waals surface area contributed by atoms with Gasteiger partial charge in [0.25, 0.3) is 0 Å². The summed E-state index contributed by atoms with van der Waals surface area (Å²) in [6.07, 6.45) is 5.11. The molecule has 142 valence electrons. The van der Waals surface area contributed by atoms with Crippen molar-refractivity contribution in [1.29, 1.82) is 0 Å². The Morgan fingerprint density at radius 3 is 2.44 bits per heavy atom. The van der Waals surface area contributed by atoms with Crippen molar-refractivity contribution in [3.8, 4) is 0 Å². The number of methoxy groups -OCH3 is 1. The summed E-state index contributed by atoms with van der Waals surface area (Å²) in [5.74, 6) is 0.0464. The molecule has 1 aliphatic carbocycles. The molecule has 0 spiro atoms. The van der Waals surface area contributed by atoms with Gasteiger partial charge in [0, 0.05) is 19.0 Å². The Labute approximate surface area is 150 Å². The second-order valence-electron chi connectivity index (χ2n) is 8.07. The van der Waals surface area contributed by atoms with Gasteiger partial charge in [-0.25, -0.2) is 4.79 Å². The SMILES string of the molecule is COC(=O)[C@@H](CC(C)C)NC(=O)[C@@H]1CC(=O)N(C2CCC(C)CC2)C1. The second kappa shape index (κ2) is 8.68. The highest BCUT2D eigenvalue weighted by Gasteiger charge is 2.39. The third-order valence-corrected chi connectivity index (χ3v) is 5.46. The summed E-state index contributed by atoms with van der Waals surface area (Å²) in [6, 6.07) is -0.370. The van der Waals surface area contributed by atoms with Crippen molar-refractivity contribution in [2.45, 2.75) is 71.4 Å². The van der Waals surface area contributed by atoms with E-state index >= 15 is 0 Å². The first kappa shape index (κ1) is 19.7. The molecule has 0 unspecified atom stereocenters. The van der Waals surface area contributed by atoms with Crippen LogP contribution in [-0.2, 0) is 19.1 Å². The highest BCUT2D eigenvalue weighted by molar-refractivity contribution is 5.91.